The van der Waals surface area contributed by atoms with Crippen LogP contribution in [0.1, 0.15) is 24.6 Å². The molecule has 0 atom stereocenters. The minimum atomic E-state index is -0.0193. The molecule has 0 saturated heterocycles. The molecule has 2 heterocycles. The van der Waals surface area contributed by atoms with Crippen LogP contribution in [0.25, 0.3) is 4.96 Å². The van der Waals surface area contributed by atoms with Gasteiger partial charge in [-0.25, -0.2) is 4.98 Å². The summed E-state index contributed by atoms with van der Waals surface area (Å²) in [5, 5.41) is 2.62. The van der Waals surface area contributed by atoms with Gasteiger partial charge in [-0.1, -0.05) is 30.7 Å². The molecule has 3 aromatic rings. The zero-order valence-corrected chi connectivity index (χ0v) is 14.5. The third kappa shape index (κ3) is 3.99. The van der Waals surface area contributed by atoms with E-state index in [1.54, 1.807) is 16.7 Å². The summed E-state index contributed by atoms with van der Waals surface area (Å²) in [5.74, 6) is 0. The summed E-state index contributed by atoms with van der Waals surface area (Å²) in [7, 11) is 0. The monoisotopic (exact) mass is 347 g/mol. The molecule has 0 amide bonds. The van der Waals surface area contributed by atoms with E-state index in [-0.39, 0.29) is 5.56 Å². The largest absolute Gasteiger partial charge is 0.293 e. The lowest BCUT2D eigenvalue weighted by Crippen LogP contribution is -2.25. The molecule has 2 aromatic heterocycles. The lowest BCUT2D eigenvalue weighted by atomic mass is 10.2. The van der Waals surface area contributed by atoms with E-state index in [2.05, 4.69) is 16.8 Å². The molecule has 0 radical (unpaired) electrons. The van der Waals surface area contributed by atoms with Gasteiger partial charge in [0.1, 0.15) is 0 Å². The van der Waals surface area contributed by atoms with Crippen LogP contribution in [0.3, 0.4) is 0 Å². The van der Waals surface area contributed by atoms with Crippen molar-refractivity contribution in [1.29, 1.82) is 0 Å². The molecular formula is C17H18ClN3OS. The van der Waals surface area contributed by atoms with E-state index in [1.807, 2.05) is 29.6 Å². The maximum atomic E-state index is 12.1. The average molecular weight is 348 g/mol. The van der Waals surface area contributed by atoms with Gasteiger partial charge in [-0.15, -0.1) is 11.3 Å². The quantitative estimate of drug-likeness (QED) is 0.680. The Morgan fingerprint density at radius 1 is 1.26 bits per heavy atom. The summed E-state index contributed by atoms with van der Waals surface area (Å²) < 4.78 is 1.58. The molecule has 0 aliphatic carbocycles. The van der Waals surface area contributed by atoms with Crippen molar-refractivity contribution in [1.82, 2.24) is 14.3 Å². The van der Waals surface area contributed by atoms with Crippen molar-refractivity contribution < 1.29 is 0 Å². The molecule has 0 bridgehead atoms. The van der Waals surface area contributed by atoms with Crippen molar-refractivity contribution in [3.8, 4) is 0 Å². The molecule has 0 aliphatic heterocycles. The van der Waals surface area contributed by atoms with Crippen LogP contribution >= 0.6 is 22.9 Å². The highest BCUT2D eigenvalue weighted by Gasteiger charge is 2.10. The Morgan fingerprint density at radius 3 is 2.78 bits per heavy atom. The summed E-state index contributed by atoms with van der Waals surface area (Å²) in [6, 6.07) is 9.52. The molecule has 120 valence electrons. The van der Waals surface area contributed by atoms with Crippen molar-refractivity contribution in [2.45, 2.75) is 26.4 Å². The third-order valence-electron chi connectivity index (χ3n) is 3.60. The first-order valence-electron chi connectivity index (χ1n) is 7.58. The van der Waals surface area contributed by atoms with Crippen LogP contribution in [0.5, 0.6) is 0 Å². The number of hydrogen-bond acceptors (Lipinski definition) is 4. The number of aromatic nitrogens is 2. The topological polar surface area (TPSA) is 37.6 Å². The smallest absolute Gasteiger partial charge is 0.258 e. The second-order valence-corrected chi connectivity index (χ2v) is 6.79. The highest BCUT2D eigenvalue weighted by atomic mass is 35.5. The Hall–Kier alpha value is -1.69. The minimum Gasteiger partial charge on any atom is -0.293 e. The second kappa shape index (κ2) is 7.25. The van der Waals surface area contributed by atoms with E-state index >= 15 is 0 Å². The van der Waals surface area contributed by atoms with Crippen LogP contribution in [0.2, 0.25) is 5.02 Å². The first kappa shape index (κ1) is 16.2. The number of hydrogen-bond donors (Lipinski definition) is 0. The van der Waals surface area contributed by atoms with Gasteiger partial charge in [0.2, 0.25) is 0 Å². The van der Waals surface area contributed by atoms with Crippen LogP contribution in [0.4, 0.5) is 0 Å². The summed E-state index contributed by atoms with van der Waals surface area (Å²) in [6.45, 7) is 4.59. The molecule has 0 fully saturated rings. The fraction of sp³-hybridized carbons (Fsp3) is 0.294. The van der Waals surface area contributed by atoms with Crippen LogP contribution in [-0.2, 0) is 13.1 Å². The standard InChI is InChI=1S/C17H18ClN3OS/c1-2-7-20(11-13-3-5-14(18)6-4-13)12-15-10-16(22)21-8-9-23-17(21)19-15/h3-6,8-10H,2,7,11-12H2,1H3. The zero-order chi connectivity index (χ0) is 16.2. The van der Waals surface area contributed by atoms with Gasteiger partial charge in [0, 0.05) is 35.8 Å². The molecule has 0 saturated carbocycles. The van der Waals surface area contributed by atoms with E-state index < -0.39 is 0 Å². The van der Waals surface area contributed by atoms with Gasteiger partial charge in [0.05, 0.1) is 5.69 Å². The van der Waals surface area contributed by atoms with Gasteiger partial charge in [0.25, 0.3) is 5.56 Å². The fourth-order valence-electron chi connectivity index (χ4n) is 2.58. The Bertz CT molecular complexity index is 841. The van der Waals surface area contributed by atoms with Crippen LogP contribution in [0, 0.1) is 0 Å². The average Bonchev–Trinajstić information content (AvgIpc) is 2.99. The first-order chi connectivity index (χ1) is 11.2. The number of halogens is 1. The van der Waals surface area contributed by atoms with Crippen molar-refractivity contribution >= 4 is 27.9 Å². The van der Waals surface area contributed by atoms with Gasteiger partial charge >= 0.3 is 0 Å². The molecular weight excluding hydrogens is 330 g/mol. The predicted molar refractivity (Wildman–Crippen MR) is 95.2 cm³/mol. The summed E-state index contributed by atoms with van der Waals surface area (Å²) in [6.07, 6.45) is 2.81. The highest BCUT2D eigenvalue weighted by Crippen LogP contribution is 2.14. The number of benzene rings is 1. The maximum absolute atomic E-state index is 12.1. The Labute approximate surface area is 144 Å². The van der Waals surface area contributed by atoms with Gasteiger partial charge in [-0.05, 0) is 30.7 Å². The number of thiazole rings is 1. The van der Waals surface area contributed by atoms with Crippen molar-refractivity contribution in [2.24, 2.45) is 0 Å². The lowest BCUT2D eigenvalue weighted by Gasteiger charge is -2.21. The first-order valence-corrected chi connectivity index (χ1v) is 8.84. The third-order valence-corrected chi connectivity index (χ3v) is 4.61. The Balaban J connectivity index is 1.80. The lowest BCUT2D eigenvalue weighted by molar-refractivity contribution is 0.254. The molecule has 3 rings (SSSR count). The van der Waals surface area contributed by atoms with Gasteiger partial charge in [-0.3, -0.25) is 14.1 Å². The molecule has 0 unspecified atom stereocenters. The Kier molecular flexibility index (Phi) is 5.10. The molecule has 0 aliphatic rings. The fourth-order valence-corrected chi connectivity index (χ4v) is 3.44. The van der Waals surface area contributed by atoms with Crippen molar-refractivity contribution in [3.05, 3.63) is 68.5 Å². The number of rotatable bonds is 6. The van der Waals surface area contributed by atoms with E-state index in [0.29, 0.717) is 6.54 Å². The normalized spacial score (nSPS) is 11.4. The molecule has 4 nitrogen and oxygen atoms in total. The van der Waals surface area contributed by atoms with E-state index in [9.17, 15) is 4.79 Å². The summed E-state index contributed by atoms with van der Waals surface area (Å²) in [4.78, 5) is 19.7. The predicted octanol–water partition coefficient (Wildman–Crippen LogP) is 3.82. The summed E-state index contributed by atoms with van der Waals surface area (Å²) >= 11 is 7.42. The SMILES string of the molecule is CCCN(Cc1ccc(Cl)cc1)Cc1cc(=O)n2ccsc2n1. The van der Waals surface area contributed by atoms with E-state index in [1.165, 1.54) is 16.9 Å². The minimum absolute atomic E-state index is 0.0193. The van der Waals surface area contributed by atoms with Crippen molar-refractivity contribution in [2.75, 3.05) is 6.54 Å². The van der Waals surface area contributed by atoms with Gasteiger partial charge in [0.15, 0.2) is 4.96 Å². The van der Waals surface area contributed by atoms with Crippen LogP contribution < -0.4 is 5.56 Å². The summed E-state index contributed by atoms with van der Waals surface area (Å²) in [5.41, 5.74) is 2.01. The molecule has 23 heavy (non-hydrogen) atoms. The second-order valence-electron chi connectivity index (χ2n) is 5.48. The zero-order valence-electron chi connectivity index (χ0n) is 12.9. The van der Waals surface area contributed by atoms with E-state index in [4.69, 9.17) is 11.6 Å². The van der Waals surface area contributed by atoms with Gasteiger partial charge < -0.3 is 0 Å². The number of nitrogens with zero attached hydrogens (tertiary/aromatic N) is 3. The van der Waals surface area contributed by atoms with Crippen LogP contribution in [0.15, 0.2) is 46.7 Å². The Morgan fingerprint density at radius 2 is 2.04 bits per heavy atom. The molecule has 6 heteroatoms. The molecule has 0 N–H and O–H groups in total. The van der Waals surface area contributed by atoms with E-state index in [0.717, 1.165) is 35.2 Å². The van der Waals surface area contributed by atoms with Gasteiger partial charge in [-0.2, -0.15) is 0 Å². The van der Waals surface area contributed by atoms with Crippen LogP contribution in [-0.4, -0.2) is 20.8 Å². The number of fused-ring (bicyclic) bond motifs is 1. The maximum Gasteiger partial charge on any atom is 0.258 e. The van der Waals surface area contributed by atoms with Crippen molar-refractivity contribution in [3.63, 3.8) is 0 Å². The highest BCUT2D eigenvalue weighted by molar-refractivity contribution is 7.15. The molecule has 0 spiro atoms. The molecule has 1 aromatic carbocycles.